The summed E-state index contributed by atoms with van der Waals surface area (Å²) < 4.78 is 39.0. The number of fused-ring (bicyclic) bond motifs is 1. The lowest BCUT2D eigenvalue weighted by atomic mass is 10.1. The number of carbonyl (C=O) groups is 1. The van der Waals surface area contributed by atoms with E-state index in [-0.39, 0.29) is 12.3 Å². The highest BCUT2D eigenvalue weighted by molar-refractivity contribution is 7.99. The van der Waals surface area contributed by atoms with E-state index in [1.165, 1.54) is 17.4 Å². The average molecular weight is 368 g/mol. The highest BCUT2D eigenvalue weighted by atomic mass is 32.2. The molecule has 8 heteroatoms. The smallest absolute Gasteiger partial charge is 0.288 e. The van der Waals surface area contributed by atoms with Crippen LogP contribution in [0.2, 0.25) is 0 Å². The molecule has 1 heterocycles. The summed E-state index contributed by atoms with van der Waals surface area (Å²) in [6.07, 6.45) is -0.102. The molecule has 24 heavy (non-hydrogen) atoms. The van der Waals surface area contributed by atoms with Gasteiger partial charge in [0.25, 0.3) is 5.76 Å². The Labute approximate surface area is 143 Å². The Kier molecular flexibility index (Phi) is 5.06. The van der Waals surface area contributed by atoms with Gasteiger partial charge in [0.1, 0.15) is 5.82 Å². The van der Waals surface area contributed by atoms with Crippen LogP contribution in [0, 0.1) is 5.82 Å². The predicted octanol–water partition coefficient (Wildman–Crippen LogP) is 4.93. The molecule has 3 aromatic rings. The maximum Gasteiger partial charge on any atom is 0.288 e. The number of halogens is 3. The van der Waals surface area contributed by atoms with Gasteiger partial charge in [-0.05, 0) is 29.8 Å². The van der Waals surface area contributed by atoms with Gasteiger partial charge in [0.2, 0.25) is 5.91 Å². The monoisotopic (exact) mass is 368 g/mol. The van der Waals surface area contributed by atoms with Crippen LogP contribution in [0.1, 0.15) is 5.56 Å². The lowest BCUT2D eigenvalue weighted by Crippen LogP contribution is -2.14. The summed E-state index contributed by atoms with van der Waals surface area (Å²) in [7, 11) is 0. The summed E-state index contributed by atoms with van der Waals surface area (Å²) in [4.78, 5) is 16.7. The maximum absolute atomic E-state index is 13.5. The van der Waals surface area contributed by atoms with E-state index in [9.17, 15) is 18.0 Å². The fourth-order valence-electron chi connectivity index (χ4n) is 2.11. The Balaban J connectivity index is 1.73. The fraction of sp³-hybridized carbons (Fsp3) is 0.125. The highest BCUT2D eigenvalue weighted by Gasteiger charge is 2.12. The molecule has 0 aliphatic heterocycles. The van der Waals surface area contributed by atoms with Gasteiger partial charge in [0, 0.05) is 4.90 Å². The predicted molar refractivity (Wildman–Crippen MR) is 90.2 cm³/mol. The number of benzene rings is 2. The van der Waals surface area contributed by atoms with Crippen molar-refractivity contribution in [3.63, 3.8) is 0 Å². The summed E-state index contributed by atoms with van der Waals surface area (Å²) in [5.74, 6) is -3.32. The van der Waals surface area contributed by atoms with Crippen LogP contribution < -0.4 is 5.32 Å². The van der Waals surface area contributed by atoms with Crippen molar-refractivity contribution in [3.8, 4) is 0 Å². The molecule has 1 N–H and O–H groups in total. The second-order valence-corrected chi connectivity index (χ2v) is 6.94. The molecule has 0 unspecified atom stereocenters. The second-order valence-electron chi connectivity index (χ2n) is 4.84. The summed E-state index contributed by atoms with van der Waals surface area (Å²) in [6, 6.07) is 10.8. The van der Waals surface area contributed by atoms with Gasteiger partial charge < -0.3 is 5.32 Å². The number of thioether (sulfide) groups is 1. The molecule has 0 aliphatic rings. The van der Waals surface area contributed by atoms with Crippen LogP contribution in [-0.4, -0.2) is 16.6 Å². The molecule has 0 fully saturated rings. The van der Waals surface area contributed by atoms with Crippen molar-refractivity contribution in [3.05, 3.63) is 53.8 Å². The quantitative estimate of drug-likeness (QED) is 0.649. The number of thiazole rings is 1. The van der Waals surface area contributed by atoms with E-state index >= 15 is 0 Å². The molecule has 0 saturated heterocycles. The molecule has 2 aromatic carbocycles. The molecule has 1 aromatic heterocycles. The van der Waals surface area contributed by atoms with Crippen molar-refractivity contribution in [1.82, 2.24) is 4.98 Å². The van der Waals surface area contributed by atoms with Crippen LogP contribution >= 0.6 is 23.1 Å². The van der Waals surface area contributed by atoms with E-state index in [0.29, 0.717) is 37.6 Å². The molecule has 1 amide bonds. The molecule has 0 bridgehead atoms. The number of amides is 1. The number of hydrogen-bond donors (Lipinski definition) is 1. The van der Waals surface area contributed by atoms with Gasteiger partial charge in [0.15, 0.2) is 5.13 Å². The van der Waals surface area contributed by atoms with Gasteiger partial charge in [-0.2, -0.15) is 8.78 Å². The molecule has 0 saturated carbocycles. The Bertz CT molecular complexity index is 883. The number of nitrogens with zero attached hydrogens (tertiary/aromatic N) is 1. The van der Waals surface area contributed by atoms with E-state index in [1.807, 2.05) is 0 Å². The SMILES string of the molecule is O=C(Cc1ccccc1F)Nc1nc2ccc(SC(F)F)cc2s1. The molecule has 0 radical (unpaired) electrons. The zero-order valence-electron chi connectivity index (χ0n) is 12.1. The van der Waals surface area contributed by atoms with Gasteiger partial charge in [-0.1, -0.05) is 41.3 Å². The molecule has 0 spiro atoms. The number of nitrogens with one attached hydrogen (secondary N) is 1. The Hall–Kier alpha value is -2.06. The Morgan fingerprint density at radius 1 is 1.25 bits per heavy atom. The topological polar surface area (TPSA) is 42.0 Å². The van der Waals surface area contributed by atoms with Crippen molar-refractivity contribution in [2.45, 2.75) is 17.1 Å². The first-order valence-corrected chi connectivity index (χ1v) is 8.59. The molecular weight excluding hydrogens is 357 g/mol. The maximum atomic E-state index is 13.5. The molecule has 3 rings (SSSR count). The summed E-state index contributed by atoms with van der Waals surface area (Å²) in [5.41, 5.74) is 0.909. The molecule has 124 valence electrons. The van der Waals surface area contributed by atoms with E-state index in [0.717, 1.165) is 0 Å². The van der Waals surface area contributed by atoms with Crippen LogP contribution in [0.15, 0.2) is 47.4 Å². The van der Waals surface area contributed by atoms with Crippen molar-refractivity contribution in [2.24, 2.45) is 0 Å². The standard InChI is InChI=1S/C16H11F3N2OS2/c17-11-4-2-1-3-9(11)7-14(22)21-16-20-12-6-5-10(23-15(18)19)8-13(12)24-16/h1-6,8,15H,7H2,(H,20,21,22). The number of rotatable bonds is 5. The zero-order valence-corrected chi connectivity index (χ0v) is 13.8. The normalized spacial score (nSPS) is 11.2. The van der Waals surface area contributed by atoms with Gasteiger partial charge in [-0.25, -0.2) is 9.37 Å². The Morgan fingerprint density at radius 2 is 2.04 bits per heavy atom. The fourth-order valence-corrected chi connectivity index (χ4v) is 3.65. The molecule has 0 aliphatic carbocycles. The van der Waals surface area contributed by atoms with E-state index < -0.39 is 11.6 Å². The van der Waals surface area contributed by atoms with Crippen LogP contribution in [0.3, 0.4) is 0 Å². The number of anilines is 1. The van der Waals surface area contributed by atoms with Crippen molar-refractivity contribution in [1.29, 1.82) is 0 Å². The lowest BCUT2D eigenvalue weighted by molar-refractivity contribution is -0.115. The van der Waals surface area contributed by atoms with Crippen LogP contribution in [0.4, 0.5) is 18.3 Å². The molecule has 3 nitrogen and oxygen atoms in total. The van der Waals surface area contributed by atoms with Crippen molar-refractivity contribution in [2.75, 3.05) is 5.32 Å². The largest absolute Gasteiger partial charge is 0.302 e. The van der Waals surface area contributed by atoms with Crippen LogP contribution in [0.25, 0.3) is 10.2 Å². The van der Waals surface area contributed by atoms with Crippen molar-refractivity contribution < 1.29 is 18.0 Å². The Morgan fingerprint density at radius 3 is 2.79 bits per heavy atom. The summed E-state index contributed by atoms with van der Waals surface area (Å²) in [5, 5.41) is 2.97. The van der Waals surface area contributed by atoms with Gasteiger partial charge in [0.05, 0.1) is 16.6 Å². The number of hydrogen-bond acceptors (Lipinski definition) is 4. The molecular formula is C16H11F3N2OS2. The van der Waals surface area contributed by atoms with E-state index in [1.54, 1.807) is 36.4 Å². The van der Waals surface area contributed by atoms with E-state index in [2.05, 4.69) is 10.3 Å². The lowest BCUT2D eigenvalue weighted by Gasteiger charge is -2.02. The van der Waals surface area contributed by atoms with Crippen molar-refractivity contribution >= 4 is 44.4 Å². The summed E-state index contributed by atoms with van der Waals surface area (Å²) in [6.45, 7) is 0. The zero-order chi connectivity index (χ0) is 17.1. The first kappa shape index (κ1) is 16.8. The number of carbonyl (C=O) groups excluding carboxylic acids is 1. The highest BCUT2D eigenvalue weighted by Crippen LogP contribution is 2.32. The van der Waals surface area contributed by atoms with Crippen LogP contribution in [0.5, 0.6) is 0 Å². The number of aromatic nitrogens is 1. The van der Waals surface area contributed by atoms with Gasteiger partial charge in [-0.3, -0.25) is 4.79 Å². The number of alkyl halides is 2. The third-order valence-corrected chi connectivity index (χ3v) is 4.78. The minimum atomic E-state index is -2.49. The molecule has 0 atom stereocenters. The van der Waals surface area contributed by atoms with Gasteiger partial charge in [-0.15, -0.1) is 0 Å². The second kappa shape index (κ2) is 7.23. The summed E-state index contributed by atoms with van der Waals surface area (Å²) >= 11 is 1.64. The van der Waals surface area contributed by atoms with E-state index in [4.69, 9.17) is 0 Å². The minimum absolute atomic E-state index is 0.102. The first-order valence-electron chi connectivity index (χ1n) is 6.90. The third-order valence-electron chi connectivity index (χ3n) is 3.14. The van der Waals surface area contributed by atoms with Crippen LogP contribution in [-0.2, 0) is 11.2 Å². The van der Waals surface area contributed by atoms with Gasteiger partial charge >= 0.3 is 0 Å². The minimum Gasteiger partial charge on any atom is -0.302 e. The first-order chi connectivity index (χ1) is 11.5. The average Bonchev–Trinajstić information content (AvgIpc) is 2.90. The third kappa shape index (κ3) is 4.07.